The Labute approximate surface area is 101 Å². The lowest BCUT2D eigenvalue weighted by atomic mass is 10.3. The normalized spacial score (nSPS) is 11.3. The van der Waals surface area contributed by atoms with Crippen molar-refractivity contribution in [2.24, 2.45) is 0 Å². The van der Waals surface area contributed by atoms with Crippen LogP contribution < -0.4 is 10.1 Å². The molecule has 2 N–H and O–H groups in total. The Hall–Kier alpha value is -1.62. The van der Waals surface area contributed by atoms with Crippen LogP contribution in [0.1, 0.15) is 19.7 Å². The highest BCUT2D eigenvalue weighted by Gasteiger charge is 2.05. The SMILES string of the molecule is COc1ccc2[nH]c(CCNC(C)C)nc2n1. The Balaban J connectivity index is 2.09. The van der Waals surface area contributed by atoms with E-state index >= 15 is 0 Å². The highest BCUT2D eigenvalue weighted by Crippen LogP contribution is 2.14. The second kappa shape index (κ2) is 5.14. The number of aromatic nitrogens is 3. The average molecular weight is 234 g/mol. The smallest absolute Gasteiger partial charge is 0.215 e. The van der Waals surface area contributed by atoms with Crippen molar-refractivity contribution in [3.63, 3.8) is 0 Å². The van der Waals surface area contributed by atoms with Crippen LogP contribution in [0.4, 0.5) is 0 Å². The number of rotatable bonds is 5. The van der Waals surface area contributed by atoms with Gasteiger partial charge in [-0.1, -0.05) is 13.8 Å². The van der Waals surface area contributed by atoms with Gasteiger partial charge in [0.05, 0.1) is 12.6 Å². The molecule has 5 nitrogen and oxygen atoms in total. The van der Waals surface area contributed by atoms with Gasteiger partial charge in [0.15, 0.2) is 5.65 Å². The van der Waals surface area contributed by atoms with Crippen molar-refractivity contribution in [1.29, 1.82) is 0 Å². The molecular weight excluding hydrogens is 216 g/mol. The van der Waals surface area contributed by atoms with Crippen molar-refractivity contribution in [3.05, 3.63) is 18.0 Å². The number of hydrogen-bond donors (Lipinski definition) is 2. The lowest BCUT2D eigenvalue weighted by Crippen LogP contribution is -2.25. The van der Waals surface area contributed by atoms with Gasteiger partial charge in [-0.05, 0) is 6.07 Å². The van der Waals surface area contributed by atoms with Gasteiger partial charge in [0.2, 0.25) is 5.88 Å². The molecule has 0 unspecified atom stereocenters. The van der Waals surface area contributed by atoms with E-state index in [1.165, 1.54) is 0 Å². The molecule has 5 heteroatoms. The van der Waals surface area contributed by atoms with Gasteiger partial charge in [-0.15, -0.1) is 0 Å². The minimum absolute atomic E-state index is 0.498. The van der Waals surface area contributed by atoms with Gasteiger partial charge in [0.1, 0.15) is 5.82 Å². The van der Waals surface area contributed by atoms with Gasteiger partial charge in [-0.3, -0.25) is 0 Å². The highest BCUT2D eigenvalue weighted by molar-refractivity contribution is 5.71. The quantitative estimate of drug-likeness (QED) is 0.823. The van der Waals surface area contributed by atoms with E-state index in [9.17, 15) is 0 Å². The van der Waals surface area contributed by atoms with E-state index in [-0.39, 0.29) is 0 Å². The minimum Gasteiger partial charge on any atom is -0.481 e. The molecule has 0 bridgehead atoms. The maximum absolute atomic E-state index is 5.07. The summed E-state index contributed by atoms with van der Waals surface area (Å²) in [6.45, 7) is 5.17. The predicted molar refractivity (Wildman–Crippen MR) is 67.3 cm³/mol. The molecule has 0 amide bonds. The summed E-state index contributed by atoms with van der Waals surface area (Å²) in [4.78, 5) is 12.0. The fourth-order valence-corrected chi connectivity index (χ4v) is 1.64. The first-order valence-electron chi connectivity index (χ1n) is 5.82. The molecule has 0 aliphatic carbocycles. The van der Waals surface area contributed by atoms with Crippen LogP contribution in [0, 0.1) is 0 Å². The molecule has 2 aromatic heterocycles. The molecule has 0 aromatic carbocycles. The second-order valence-electron chi connectivity index (χ2n) is 4.27. The van der Waals surface area contributed by atoms with Crippen LogP contribution >= 0.6 is 0 Å². The van der Waals surface area contributed by atoms with Crippen LogP contribution in [0.2, 0.25) is 0 Å². The van der Waals surface area contributed by atoms with E-state index in [0.717, 1.165) is 24.3 Å². The molecule has 0 aliphatic rings. The maximum atomic E-state index is 5.07. The monoisotopic (exact) mass is 234 g/mol. The summed E-state index contributed by atoms with van der Waals surface area (Å²) in [6.07, 6.45) is 0.872. The summed E-state index contributed by atoms with van der Waals surface area (Å²) in [6, 6.07) is 4.27. The van der Waals surface area contributed by atoms with Gasteiger partial charge in [0.25, 0.3) is 0 Å². The van der Waals surface area contributed by atoms with E-state index in [1.807, 2.05) is 12.1 Å². The van der Waals surface area contributed by atoms with Crippen LogP contribution in [0.3, 0.4) is 0 Å². The Kier molecular flexibility index (Phi) is 3.58. The number of H-pyrrole nitrogens is 1. The van der Waals surface area contributed by atoms with Crippen LogP contribution in [0.5, 0.6) is 5.88 Å². The molecule has 17 heavy (non-hydrogen) atoms. The van der Waals surface area contributed by atoms with Gasteiger partial charge >= 0.3 is 0 Å². The fraction of sp³-hybridized carbons (Fsp3) is 0.500. The fourth-order valence-electron chi connectivity index (χ4n) is 1.64. The van der Waals surface area contributed by atoms with Crippen molar-refractivity contribution in [1.82, 2.24) is 20.3 Å². The Morgan fingerprint density at radius 3 is 2.88 bits per heavy atom. The molecular formula is C12H18N4O. The van der Waals surface area contributed by atoms with Gasteiger partial charge in [-0.25, -0.2) is 4.98 Å². The van der Waals surface area contributed by atoms with Crippen molar-refractivity contribution < 1.29 is 4.74 Å². The summed E-state index contributed by atoms with van der Waals surface area (Å²) in [7, 11) is 1.61. The molecule has 0 fully saturated rings. The van der Waals surface area contributed by atoms with Crippen LogP contribution in [0.15, 0.2) is 12.1 Å². The first-order valence-corrected chi connectivity index (χ1v) is 5.82. The number of nitrogens with one attached hydrogen (secondary N) is 2. The zero-order valence-corrected chi connectivity index (χ0v) is 10.4. The average Bonchev–Trinajstić information content (AvgIpc) is 2.69. The molecule has 2 aromatic rings. The van der Waals surface area contributed by atoms with Crippen LogP contribution in [-0.2, 0) is 6.42 Å². The third-order valence-electron chi connectivity index (χ3n) is 2.49. The zero-order valence-electron chi connectivity index (χ0n) is 10.4. The molecule has 0 aliphatic heterocycles. The molecule has 0 radical (unpaired) electrons. The first-order chi connectivity index (χ1) is 8.19. The predicted octanol–water partition coefficient (Wildman–Crippen LogP) is 1.51. The summed E-state index contributed by atoms with van der Waals surface area (Å²) in [5, 5.41) is 3.36. The molecule has 0 saturated heterocycles. The third-order valence-corrected chi connectivity index (χ3v) is 2.49. The molecule has 92 valence electrons. The van der Waals surface area contributed by atoms with Crippen molar-refractivity contribution >= 4 is 11.2 Å². The minimum atomic E-state index is 0.498. The van der Waals surface area contributed by atoms with E-state index in [4.69, 9.17) is 4.74 Å². The van der Waals surface area contributed by atoms with Crippen molar-refractivity contribution in [3.8, 4) is 5.88 Å². The summed E-state index contributed by atoms with van der Waals surface area (Å²) < 4.78 is 5.07. The van der Waals surface area contributed by atoms with Gasteiger partial charge < -0.3 is 15.0 Å². The maximum Gasteiger partial charge on any atom is 0.215 e. The number of hydrogen-bond acceptors (Lipinski definition) is 4. The standard InChI is InChI=1S/C12H18N4O/c1-8(2)13-7-6-10-14-9-4-5-11(17-3)16-12(9)15-10/h4-5,8,13H,6-7H2,1-3H3,(H,14,15,16). The number of imidazole rings is 1. The number of pyridine rings is 1. The topological polar surface area (TPSA) is 62.8 Å². The molecule has 0 saturated carbocycles. The molecule has 2 rings (SSSR count). The van der Waals surface area contributed by atoms with E-state index in [0.29, 0.717) is 17.6 Å². The summed E-state index contributed by atoms with van der Waals surface area (Å²) in [5.41, 5.74) is 1.66. The van der Waals surface area contributed by atoms with E-state index in [2.05, 4.69) is 34.1 Å². The number of methoxy groups -OCH3 is 1. The van der Waals surface area contributed by atoms with Crippen LogP contribution in [0.25, 0.3) is 11.2 Å². The van der Waals surface area contributed by atoms with Crippen LogP contribution in [-0.4, -0.2) is 34.6 Å². The second-order valence-corrected chi connectivity index (χ2v) is 4.27. The number of aromatic amines is 1. The van der Waals surface area contributed by atoms with Crippen molar-refractivity contribution in [2.75, 3.05) is 13.7 Å². The number of nitrogens with zero attached hydrogens (tertiary/aromatic N) is 2. The van der Waals surface area contributed by atoms with E-state index in [1.54, 1.807) is 7.11 Å². The number of fused-ring (bicyclic) bond motifs is 1. The lowest BCUT2D eigenvalue weighted by molar-refractivity contribution is 0.399. The highest BCUT2D eigenvalue weighted by atomic mass is 16.5. The van der Waals surface area contributed by atoms with Gasteiger partial charge in [0, 0.05) is 25.1 Å². The summed E-state index contributed by atoms with van der Waals surface area (Å²) >= 11 is 0. The third kappa shape index (κ3) is 2.94. The molecule has 0 atom stereocenters. The Morgan fingerprint density at radius 2 is 2.18 bits per heavy atom. The van der Waals surface area contributed by atoms with Gasteiger partial charge in [-0.2, -0.15) is 4.98 Å². The Morgan fingerprint density at radius 1 is 1.35 bits per heavy atom. The molecule has 0 spiro atoms. The van der Waals surface area contributed by atoms with Crippen molar-refractivity contribution in [2.45, 2.75) is 26.3 Å². The zero-order chi connectivity index (χ0) is 12.3. The lowest BCUT2D eigenvalue weighted by Gasteiger charge is -2.05. The number of ether oxygens (including phenoxy) is 1. The molecule has 2 heterocycles. The first kappa shape index (κ1) is 11.9. The van der Waals surface area contributed by atoms with E-state index < -0.39 is 0 Å². The summed E-state index contributed by atoms with van der Waals surface area (Å²) in [5.74, 6) is 1.55. The Bertz CT molecular complexity index is 492. The largest absolute Gasteiger partial charge is 0.481 e.